The second-order valence-corrected chi connectivity index (χ2v) is 6.04. The lowest BCUT2D eigenvalue weighted by atomic mass is 10.1. The summed E-state index contributed by atoms with van der Waals surface area (Å²) in [5.41, 5.74) is 1.05. The Kier molecular flexibility index (Phi) is 9.40. The Morgan fingerprint density at radius 1 is 1.06 bits per heavy atom. The summed E-state index contributed by atoms with van der Waals surface area (Å²) in [4.78, 5) is 8.64. The molecular weight excluding hydrogens is 260 g/mol. The number of thioether (sulfide) groups is 1. The predicted molar refractivity (Wildman–Crippen MR) is 83.7 cm³/mol. The maximum absolute atomic E-state index is 4.39. The predicted octanol–water partition coefficient (Wildman–Crippen LogP) is 4.54. The SMILES string of the molecule is Cc1ccnc(SCCCCCCCCCS)n1. The summed E-state index contributed by atoms with van der Waals surface area (Å²) < 4.78 is 0. The Balaban J connectivity index is 1.92. The van der Waals surface area contributed by atoms with Crippen molar-refractivity contribution in [2.75, 3.05) is 11.5 Å². The van der Waals surface area contributed by atoms with Crippen LogP contribution in [0.5, 0.6) is 0 Å². The van der Waals surface area contributed by atoms with E-state index in [0.717, 1.165) is 22.4 Å². The lowest BCUT2D eigenvalue weighted by molar-refractivity contribution is 0.605. The Bertz CT molecular complexity index is 318. The number of rotatable bonds is 10. The fourth-order valence-corrected chi connectivity index (χ4v) is 2.86. The van der Waals surface area contributed by atoms with Gasteiger partial charge in [0.1, 0.15) is 0 Å². The average molecular weight is 284 g/mol. The highest BCUT2D eigenvalue weighted by Crippen LogP contribution is 2.16. The Morgan fingerprint density at radius 3 is 2.39 bits per heavy atom. The summed E-state index contributed by atoms with van der Waals surface area (Å²) in [6.45, 7) is 2.01. The molecule has 0 aromatic carbocycles. The number of thiol groups is 1. The van der Waals surface area contributed by atoms with Crippen molar-refractivity contribution in [2.45, 2.75) is 57.0 Å². The van der Waals surface area contributed by atoms with E-state index in [1.807, 2.05) is 19.2 Å². The van der Waals surface area contributed by atoms with Crippen LogP contribution in [0.2, 0.25) is 0 Å². The van der Waals surface area contributed by atoms with Gasteiger partial charge in [0, 0.05) is 17.6 Å². The second-order valence-electron chi connectivity index (χ2n) is 4.53. The maximum atomic E-state index is 4.39. The minimum atomic E-state index is 0.920. The highest BCUT2D eigenvalue weighted by Gasteiger charge is 1.97. The topological polar surface area (TPSA) is 25.8 Å². The highest BCUT2D eigenvalue weighted by molar-refractivity contribution is 7.99. The van der Waals surface area contributed by atoms with Gasteiger partial charge in [0.25, 0.3) is 0 Å². The number of unbranched alkanes of at least 4 members (excludes halogenated alkanes) is 6. The van der Waals surface area contributed by atoms with E-state index < -0.39 is 0 Å². The van der Waals surface area contributed by atoms with Crippen LogP contribution in [0, 0.1) is 6.92 Å². The first-order chi connectivity index (χ1) is 8.83. The number of hydrogen-bond acceptors (Lipinski definition) is 4. The van der Waals surface area contributed by atoms with E-state index in [9.17, 15) is 0 Å². The van der Waals surface area contributed by atoms with E-state index in [0.29, 0.717) is 0 Å². The molecule has 0 spiro atoms. The average Bonchev–Trinajstić information content (AvgIpc) is 2.37. The van der Waals surface area contributed by atoms with Crippen molar-refractivity contribution < 1.29 is 0 Å². The second kappa shape index (κ2) is 10.7. The van der Waals surface area contributed by atoms with Crippen LogP contribution in [-0.2, 0) is 0 Å². The van der Waals surface area contributed by atoms with Gasteiger partial charge < -0.3 is 0 Å². The third kappa shape index (κ3) is 7.98. The van der Waals surface area contributed by atoms with Crippen molar-refractivity contribution in [3.8, 4) is 0 Å². The fourth-order valence-electron chi connectivity index (χ4n) is 1.76. The van der Waals surface area contributed by atoms with Crippen LogP contribution < -0.4 is 0 Å². The summed E-state index contributed by atoms with van der Waals surface area (Å²) in [5.74, 6) is 2.17. The van der Waals surface area contributed by atoms with Gasteiger partial charge >= 0.3 is 0 Å². The zero-order valence-corrected chi connectivity index (χ0v) is 13.0. The van der Waals surface area contributed by atoms with Gasteiger partial charge in [-0.15, -0.1) is 0 Å². The first-order valence-electron chi connectivity index (χ1n) is 6.86. The van der Waals surface area contributed by atoms with Crippen molar-refractivity contribution >= 4 is 24.4 Å². The van der Waals surface area contributed by atoms with Gasteiger partial charge in [-0.3, -0.25) is 0 Å². The van der Waals surface area contributed by atoms with Gasteiger partial charge in [0.15, 0.2) is 5.16 Å². The van der Waals surface area contributed by atoms with E-state index in [1.54, 1.807) is 11.8 Å². The van der Waals surface area contributed by atoms with Crippen LogP contribution >= 0.6 is 24.4 Å². The summed E-state index contributed by atoms with van der Waals surface area (Å²) >= 11 is 5.99. The molecular formula is C14H24N2S2. The van der Waals surface area contributed by atoms with Crippen LogP contribution in [0.25, 0.3) is 0 Å². The molecule has 1 rings (SSSR count). The molecule has 0 radical (unpaired) electrons. The number of aromatic nitrogens is 2. The molecule has 0 aliphatic heterocycles. The number of hydrogen-bond donors (Lipinski definition) is 1. The van der Waals surface area contributed by atoms with E-state index in [2.05, 4.69) is 22.6 Å². The van der Waals surface area contributed by atoms with Crippen LogP contribution in [0.15, 0.2) is 17.4 Å². The lowest BCUT2D eigenvalue weighted by Gasteiger charge is -2.02. The van der Waals surface area contributed by atoms with E-state index in [1.165, 1.54) is 44.9 Å². The van der Waals surface area contributed by atoms with Gasteiger partial charge in [-0.2, -0.15) is 12.6 Å². The van der Waals surface area contributed by atoms with Crippen LogP contribution in [0.4, 0.5) is 0 Å². The number of nitrogens with zero attached hydrogens (tertiary/aromatic N) is 2. The first-order valence-corrected chi connectivity index (χ1v) is 8.48. The lowest BCUT2D eigenvalue weighted by Crippen LogP contribution is -1.90. The van der Waals surface area contributed by atoms with Crippen molar-refractivity contribution in [3.63, 3.8) is 0 Å². The molecule has 18 heavy (non-hydrogen) atoms. The summed E-state index contributed by atoms with van der Waals surface area (Å²) in [5, 5.41) is 0.920. The number of aryl methyl sites for hydroxylation is 1. The first kappa shape index (κ1) is 15.8. The Labute approximate surface area is 121 Å². The van der Waals surface area contributed by atoms with Gasteiger partial charge in [-0.05, 0) is 31.6 Å². The van der Waals surface area contributed by atoms with Crippen LogP contribution in [0.3, 0.4) is 0 Å². The molecule has 0 amide bonds. The van der Waals surface area contributed by atoms with Crippen molar-refractivity contribution in [2.24, 2.45) is 0 Å². The molecule has 0 atom stereocenters. The summed E-state index contributed by atoms with van der Waals surface area (Å²) in [6, 6.07) is 1.94. The van der Waals surface area contributed by atoms with Crippen LogP contribution in [0.1, 0.15) is 50.6 Å². The summed E-state index contributed by atoms with van der Waals surface area (Å²) in [6.07, 6.45) is 11.2. The van der Waals surface area contributed by atoms with Crippen molar-refractivity contribution in [1.82, 2.24) is 9.97 Å². The molecule has 0 aliphatic rings. The summed E-state index contributed by atoms with van der Waals surface area (Å²) in [7, 11) is 0. The quantitative estimate of drug-likeness (QED) is 0.296. The largest absolute Gasteiger partial charge is 0.231 e. The molecule has 0 fully saturated rings. The van der Waals surface area contributed by atoms with Gasteiger partial charge in [-0.25, -0.2) is 9.97 Å². The molecule has 0 aliphatic carbocycles. The molecule has 1 aromatic rings. The zero-order valence-electron chi connectivity index (χ0n) is 11.3. The van der Waals surface area contributed by atoms with E-state index >= 15 is 0 Å². The van der Waals surface area contributed by atoms with Gasteiger partial charge in [-0.1, -0.05) is 43.9 Å². The normalized spacial score (nSPS) is 10.8. The third-order valence-corrected chi connectivity index (χ3v) is 4.07. The molecule has 1 aromatic heterocycles. The molecule has 1 heterocycles. The molecule has 0 saturated carbocycles. The van der Waals surface area contributed by atoms with Crippen molar-refractivity contribution in [3.05, 3.63) is 18.0 Å². The molecule has 0 bridgehead atoms. The highest BCUT2D eigenvalue weighted by atomic mass is 32.2. The van der Waals surface area contributed by atoms with Gasteiger partial charge in [0.2, 0.25) is 0 Å². The maximum Gasteiger partial charge on any atom is 0.187 e. The molecule has 4 heteroatoms. The third-order valence-electron chi connectivity index (χ3n) is 2.81. The Morgan fingerprint density at radius 2 is 1.72 bits per heavy atom. The molecule has 102 valence electrons. The van der Waals surface area contributed by atoms with Crippen LogP contribution in [-0.4, -0.2) is 21.5 Å². The molecule has 0 unspecified atom stereocenters. The Hall–Kier alpha value is -0.220. The molecule has 0 N–H and O–H groups in total. The minimum Gasteiger partial charge on any atom is -0.231 e. The van der Waals surface area contributed by atoms with Gasteiger partial charge in [0.05, 0.1) is 0 Å². The monoisotopic (exact) mass is 284 g/mol. The van der Waals surface area contributed by atoms with E-state index in [4.69, 9.17) is 0 Å². The van der Waals surface area contributed by atoms with E-state index in [-0.39, 0.29) is 0 Å². The molecule has 2 nitrogen and oxygen atoms in total. The standard InChI is InChI=1S/C14H24N2S2/c1-13-9-10-15-14(16-13)18-12-8-6-4-2-3-5-7-11-17/h9-10,17H,2-8,11-12H2,1H3. The van der Waals surface area contributed by atoms with Crippen molar-refractivity contribution in [1.29, 1.82) is 0 Å². The molecule has 0 saturated heterocycles. The smallest absolute Gasteiger partial charge is 0.187 e. The fraction of sp³-hybridized carbons (Fsp3) is 0.714. The minimum absolute atomic E-state index is 0.920. The zero-order chi connectivity index (χ0) is 13.1.